The summed E-state index contributed by atoms with van der Waals surface area (Å²) in [6, 6.07) is 23.6. The van der Waals surface area contributed by atoms with Gasteiger partial charge in [0.15, 0.2) is 12.1 Å². The molecule has 5 rings (SSSR count). The smallest absolute Gasteiger partial charge is 0.319 e. The molecule has 2 aliphatic heterocycles. The predicted molar refractivity (Wildman–Crippen MR) is 207 cm³/mol. The standard InChI is InChI=1S/C42H57N3O10/c1-31-39(29-45-15-17-49-19-21-51-23-25-53-26-24-52-22-20-50-18-16-45)54-41(55-40(31)35-13-11-34(30-46)12-14-35)36-9-6-10-37(28-36)43-42(48)44-38(32(2)47)27-33-7-4-3-5-8-33/h3-14,28,31,38-41,46H,15-27,29-30H2,1-2H3,(H2,43,44,48)/t31-,38+,39+,40+,41?/m0/s1. The number of ether oxygens (including phenoxy) is 7. The van der Waals surface area contributed by atoms with E-state index in [1.807, 2.05) is 72.8 Å². The van der Waals surface area contributed by atoms with Crippen molar-refractivity contribution in [3.8, 4) is 0 Å². The fourth-order valence-electron chi connectivity index (χ4n) is 6.48. The van der Waals surface area contributed by atoms with Crippen LogP contribution < -0.4 is 10.6 Å². The number of aliphatic hydroxyl groups excluding tert-OH is 1. The summed E-state index contributed by atoms with van der Waals surface area (Å²) in [6.07, 6.45) is -0.929. The van der Waals surface area contributed by atoms with Gasteiger partial charge in [0.1, 0.15) is 0 Å². The monoisotopic (exact) mass is 763 g/mol. The summed E-state index contributed by atoms with van der Waals surface area (Å²) in [5.74, 6) is -0.179. The predicted octanol–water partition coefficient (Wildman–Crippen LogP) is 4.69. The second-order valence-electron chi connectivity index (χ2n) is 13.8. The van der Waals surface area contributed by atoms with Crippen LogP contribution in [0.25, 0.3) is 0 Å². The first-order valence-corrected chi connectivity index (χ1v) is 19.2. The number of amides is 2. The van der Waals surface area contributed by atoms with E-state index < -0.39 is 18.4 Å². The summed E-state index contributed by atoms with van der Waals surface area (Å²) in [5.41, 5.74) is 4.01. The van der Waals surface area contributed by atoms with E-state index in [9.17, 15) is 14.7 Å². The second-order valence-corrected chi connectivity index (χ2v) is 13.8. The Balaban J connectivity index is 1.29. The van der Waals surface area contributed by atoms with E-state index in [0.717, 1.165) is 22.3 Å². The summed E-state index contributed by atoms with van der Waals surface area (Å²) in [6.45, 7) is 10.5. The van der Waals surface area contributed by atoms with Gasteiger partial charge in [0.05, 0.1) is 90.9 Å². The van der Waals surface area contributed by atoms with Crippen molar-refractivity contribution in [3.63, 3.8) is 0 Å². The molecule has 55 heavy (non-hydrogen) atoms. The molecule has 2 amide bonds. The van der Waals surface area contributed by atoms with Crippen molar-refractivity contribution in [2.45, 2.75) is 51.4 Å². The summed E-state index contributed by atoms with van der Waals surface area (Å²) < 4.78 is 42.1. The zero-order valence-corrected chi connectivity index (χ0v) is 32.1. The fourth-order valence-corrected chi connectivity index (χ4v) is 6.48. The van der Waals surface area contributed by atoms with Gasteiger partial charge in [0, 0.05) is 36.8 Å². The van der Waals surface area contributed by atoms with Crippen LogP contribution in [0.4, 0.5) is 10.5 Å². The molecule has 300 valence electrons. The SMILES string of the molecule is CC(=O)[C@@H](Cc1ccccc1)NC(=O)Nc1cccc(C2O[C@H](CN3CCOCCOCCOCCOCCOCC3)[C@H](C)[C@H](c3ccc(CO)cc3)O2)c1. The van der Waals surface area contributed by atoms with Gasteiger partial charge in [-0.1, -0.05) is 73.7 Å². The molecule has 2 heterocycles. The maximum Gasteiger partial charge on any atom is 0.319 e. The quantitative estimate of drug-likeness (QED) is 0.265. The van der Waals surface area contributed by atoms with Crippen LogP contribution in [0.15, 0.2) is 78.9 Å². The Morgan fingerprint density at radius 3 is 1.91 bits per heavy atom. The molecule has 13 heteroatoms. The molecule has 2 fully saturated rings. The third kappa shape index (κ3) is 14.4. The lowest BCUT2D eigenvalue weighted by atomic mass is 9.90. The molecular weight excluding hydrogens is 706 g/mol. The molecule has 0 spiro atoms. The van der Waals surface area contributed by atoms with Crippen molar-refractivity contribution in [3.05, 3.63) is 101 Å². The number of aliphatic hydroxyl groups is 1. The Labute approximate surface area is 324 Å². The molecule has 13 nitrogen and oxygen atoms in total. The molecule has 0 aliphatic carbocycles. The normalized spacial score (nSPS) is 23.5. The number of Topliss-reactive ketones (excluding diaryl/α,β-unsaturated/α-hetero) is 1. The number of nitrogens with zero attached hydrogens (tertiary/aromatic N) is 1. The van der Waals surface area contributed by atoms with E-state index in [4.69, 9.17) is 33.2 Å². The van der Waals surface area contributed by atoms with Crippen LogP contribution in [0.2, 0.25) is 0 Å². The zero-order valence-electron chi connectivity index (χ0n) is 32.1. The maximum absolute atomic E-state index is 13.1. The Bertz CT molecular complexity index is 1540. The Kier molecular flexibility index (Phi) is 18.0. The van der Waals surface area contributed by atoms with Crippen molar-refractivity contribution in [2.75, 3.05) is 91.0 Å². The van der Waals surface area contributed by atoms with Gasteiger partial charge in [-0.3, -0.25) is 9.69 Å². The fraction of sp³-hybridized carbons (Fsp3) is 0.524. The van der Waals surface area contributed by atoms with Crippen LogP contribution >= 0.6 is 0 Å². The van der Waals surface area contributed by atoms with Crippen molar-refractivity contribution in [1.82, 2.24) is 10.2 Å². The number of urea groups is 1. The molecular formula is C42H57N3O10. The molecule has 1 unspecified atom stereocenters. The third-order valence-electron chi connectivity index (χ3n) is 9.65. The lowest BCUT2D eigenvalue weighted by Crippen LogP contribution is -2.46. The third-order valence-corrected chi connectivity index (χ3v) is 9.65. The van der Waals surface area contributed by atoms with E-state index in [1.165, 1.54) is 6.92 Å². The van der Waals surface area contributed by atoms with Gasteiger partial charge in [-0.25, -0.2) is 4.79 Å². The van der Waals surface area contributed by atoms with Crippen molar-refractivity contribution >= 4 is 17.5 Å². The number of carbonyl (C=O) groups excluding carboxylic acids is 2. The molecule has 3 N–H and O–H groups in total. The van der Waals surface area contributed by atoms with E-state index >= 15 is 0 Å². The van der Waals surface area contributed by atoms with E-state index in [-0.39, 0.29) is 30.5 Å². The Morgan fingerprint density at radius 1 is 0.727 bits per heavy atom. The first-order valence-electron chi connectivity index (χ1n) is 19.2. The molecule has 3 aromatic carbocycles. The Hall–Kier alpha value is -3.76. The highest BCUT2D eigenvalue weighted by atomic mass is 16.7. The van der Waals surface area contributed by atoms with Gasteiger partial charge in [0.25, 0.3) is 0 Å². The van der Waals surface area contributed by atoms with Gasteiger partial charge in [-0.15, -0.1) is 0 Å². The van der Waals surface area contributed by atoms with Gasteiger partial charge in [-0.2, -0.15) is 0 Å². The van der Waals surface area contributed by atoms with Crippen LogP contribution in [-0.2, 0) is 51.0 Å². The first kappa shape index (κ1) is 42.4. The summed E-state index contributed by atoms with van der Waals surface area (Å²) in [7, 11) is 0. The second kappa shape index (κ2) is 23.3. The van der Waals surface area contributed by atoms with Gasteiger partial charge < -0.3 is 48.9 Å². The minimum atomic E-state index is -0.747. The number of nitrogens with one attached hydrogen (secondary N) is 2. The van der Waals surface area contributed by atoms with Crippen LogP contribution in [0, 0.1) is 5.92 Å². The number of anilines is 1. The summed E-state index contributed by atoms with van der Waals surface area (Å²) in [4.78, 5) is 27.9. The molecule has 2 saturated heterocycles. The highest BCUT2D eigenvalue weighted by Gasteiger charge is 2.39. The molecule has 5 atom stereocenters. The number of ketones is 1. The van der Waals surface area contributed by atoms with Crippen LogP contribution in [0.1, 0.15) is 48.5 Å². The topological polar surface area (TPSA) is 146 Å². The molecule has 0 saturated carbocycles. The molecule has 0 radical (unpaired) electrons. The average molecular weight is 764 g/mol. The lowest BCUT2D eigenvalue weighted by molar-refractivity contribution is -0.276. The maximum atomic E-state index is 13.1. The first-order chi connectivity index (χ1) is 26.9. The molecule has 2 aliphatic rings. The molecule has 0 bridgehead atoms. The Morgan fingerprint density at radius 2 is 1.33 bits per heavy atom. The highest BCUT2D eigenvalue weighted by molar-refractivity contribution is 5.93. The van der Waals surface area contributed by atoms with Gasteiger partial charge >= 0.3 is 6.03 Å². The van der Waals surface area contributed by atoms with E-state index in [0.29, 0.717) is 97.8 Å². The van der Waals surface area contributed by atoms with Crippen molar-refractivity contribution < 1.29 is 47.9 Å². The van der Waals surface area contributed by atoms with Crippen molar-refractivity contribution in [1.29, 1.82) is 0 Å². The minimum absolute atomic E-state index is 0.0460. The van der Waals surface area contributed by atoms with Gasteiger partial charge in [0.2, 0.25) is 0 Å². The van der Waals surface area contributed by atoms with Crippen molar-refractivity contribution in [2.24, 2.45) is 5.92 Å². The van der Waals surface area contributed by atoms with Crippen LogP contribution in [-0.4, -0.2) is 120 Å². The average Bonchev–Trinajstić information content (AvgIpc) is 3.19. The minimum Gasteiger partial charge on any atom is -0.392 e. The lowest BCUT2D eigenvalue weighted by Gasteiger charge is -2.43. The van der Waals surface area contributed by atoms with Crippen LogP contribution in [0.3, 0.4) is 0 Å². The summed E-state index contributed by atoms with van der Waals surface area (Å²) >= 11 is 0. The zero-order chi connectivity index (χ0) is 38.7. The van der Waals surface area contributed by atoms with E-state index in [1.54, 1.807) is 6.07 Å². The molecule has 3 aromatic rings. The number of hydrogen-bond acceptors (Lipinski definition) is 11. The number of carbonyl (C=O) groups is 2. The number of rotatable bonds is 10. The highest BCUT2D eigenvalue weighted by Crippen LogP contribution is 2.42. The van der Waals surface area contributed by atoms with E-state index in [2.05, 4.69) is 22.5 Å². The summed E-state index contributed by atoms with van der Waals surface area (Å²) in [5, 5.41) is 15.4. The molecule has 0 aromatic heterocycles. The largest absolute Gasteiger partial charge is 0.392 e. The number of benzene rings is 3. The number of hydrogen-bond donors (Lipinski definition) is 3. The van der Waals surface area contributed by atoms with Gasteiger partial charge in [-0.05, 0) is 42.2 Å². The van der Waals surface area contributed by atoms with Crippen LogP contribution in [0.5, 0.6) is 0 Å².